The largest absolute Gasteiger partial charge is 0.492 e. The molecule has 1 aromatic heterocycles. The van der Waals surface area contributed by atoms with Gasteiger partial charge in [0.1, 0.15) is 22.3 Å². The summed E-state index contributed by atoms with van der Waals surface area (Å²) in [6.07, 6.45) is 3.53. The summed E-state index contributed by atoms with van der Waals surface area (Å²) >= 11 is 1.43. The number of para-hydroxylation sites is 1. The van der Waals surface area contributed by atoms with E-state index in [9.17, 15) is 4.39 Å². The van der Waals surface area contributed by atoms with Gasteiger partial charge in [0, 0.05) is 0 Å². The summed E-state index contributed by atoms with van der Waals surface area (Å²) in [4.78, 5) is 8.62. The van der Waals surface area contributed by atoms with E-state index >= 15 is 0 Å². The van der Waals surface area contributed by atoms with Crippen LogP contribution in [0.25, 0.3) is 0 Å². The Morgan fingerprint density at radius 3 is 2.70 bits per heavy atom. The van der Waals surface area contributed by atoms with Crippen LogP contribution in [0.2, 0.25) is 0 Å². The van der Waals surface area contributed by atoms with E-state index < -0.39 is 0 Å². The fourth-order valence-corrected chi connectivity index (χ4v) is 2.14. The lowest BCUT2D eigenvalue weighted by Crippen LogP contribution is -1.99. The number of halogens is 1. The lowest BCUT2D eigenvalue weighted by molar-refractivity contribution is 0.339. The number of aliphatic imine (C=N–C) groups is 1. The highest BCUT2D eigenvalue weighted by Crippen LogP contribution is 2.21. The topological polar surface area (TPSA) is 34.5 Å². The molecule has 0 amide bonds. The highest BCUT2D eigenvalue weighted by Gasteiger charge is 2.07. The number of hydrogen-bond acceptors (Lipinski definition) is 4. The van der Waals surface area contributed by atoms with E-state index in [4.69, 9.17) is 4.74 Å². The molecule has 0 spiro atoms. The molecule has 20 heavy (non-hydrogen) atoms. The van der Waals surface area contributed by atoms with Gasteiger partial charge in [-0.1, -0.05) is 12.1 Å². The lowest BCUT2D eigenvalue weighted by Gasteiger charge is -2.06. The molecule has 0 radical (unpaired) electrons. The molecule has 1 aromatic carbocycles. The number of benzene rings is 1. The highest BCUT2D eigenvalue weighted by molar-refractivity contribution is 8.13. The Morgan fingerprint density at radius 2 is 2.10 bits per heavy atom. The van der Waals surface area contributed by atoms with Crippen LogP contribution in [0.3, 0.4) is 0 Å². The van der Waals surface area contributed by atoms with Gasteiger partial charge in [-0.25, -0.2) is 9.38 Å². The van der Waals surface area contributed by atoms with Crippen LogP contribution in [-0.2, 0) is 0 Å². The minimum atomic E-state index is -0.343. The van der Waals surface area contributed by atoms with Crippen molar-refractivity contribution in [3.63, 3.8) is 0 Å². The lowest BCUT2D eigenvalue weighted by atomic mass is 10.3. The third-order valence-electron chi connectivity index (χ3n) is 2.53. The number of aromatic nitrogens is 1. The summed E-state index contributed by atoms with van der Waals surface area (Å²) in [6, 6.07) is 10.1. The van der Waals surface area contributed by atoms with Gasteiger partial charge in [-0.2, -0.15) is 0 Å². The second-order valence-corrected chi connectivity index (χ2v) is 4.68. The van der Waals surface area contributed by atoms with Crippen molar-refractivity contribution in [2.45, 2.75) is 6.92 Å². The van der Waals surface area contributed by atoms with Crippen LogP contribution in [0.4, 0.5) is 10.1 Å². The first kappa shape index (κ1) is 14.5. The average Bonchev–Trinajstić information content (AvgIpc) is 2.48. The van der Waals surface area contributed by atoms with Crippen molar-refractivity contribution in [3.05, 3.63) is 54.1 Å². The Morgan fingerprint density at radius 1 is 1.30 bits per heavy atom. The quantitative estimate of drug-likeness (QED) is 0.629. The minimum Gasteiger partial charge on any atom is -0.492 e. The maximum absolute atomic E-state index is 13.6. The van der Waals surface area contributed by atoms with Crippen molar-refractivity contribution in [1.82, 2.24) is 4.98 Å². The van der Waals surface area contributed by atoms with E-state index in [2.05, 4.69) is 9.98 Å². The van der Waals surface area contributed by atoms with Crippen LogP contribution in [-0.4, -0.2) is 22.9 Å². The number of ether oxygens (including phenoxy) is 1. The smallest absolute Gasteiger partial charge is 0.148 e. The van der Waals surface area contributed by atoms with E-state index in [1.165, 1.54) is 17.8 Å². The first-order valence-electron chi connectivity index (χ1n) is 6.21. The van der Waals surface area contributed by atoms with Gasteiger partial charge in [-0.3, -0.25) is 4.98 Å². The summed E-state index contributed by atoms with van der Waals surface area (Å²) in [5.74, 6) is 0.368. The third-order valence-corrected chi connectivity index (χ3v) is 3.22. The fraction of sp³-hybridized carbons (Fsp3) is 0.200. The number of thioether (sulfide) groups is 1. The number of nitrogens with zero attached hydrogens (tertiary/aromatic N) is 2. The van der Waals surface area contributed by atoms with E-state index in [-0.39, 0.29) is 5.82 Å². The molecule has 0 saturated carbocycles. The van der Waals surface area contributed by atoms with Gasteiger partial charge in [-0.15, -0.1) is 11.8 Å². The van der Waals surface area contributed by atoms with E-state index in [0.717, 1.165) is 0 Å². The molecule has 0 fully saturated rings. The molecule has 3 nitrogen and oxygen atoms in total. The molecule has 0 atom stereocenters. The molecule has 0 N–H and O–H groups in total. The molecule has 0 aliphatic heterocycles. The molecule has 104 valence electrons. The van der Waals surface area contributed by atoms with Crippen LogP contribution >= 0.6 is 11.8 Å². The normalized spacial score (nSPS) is 11.4. The van der Waals surface area contributed by atoms with Gasteiger partial charge in [-0.05, 0) is 37.4 Å². The van der Waals surface area contributed by atoms with Crippen molar-refractivity contribution < 1.29 is 9.13 Å². The Balaban J connectivity index is 2.30. The summed E-state index contributed by atoms with van der Waals surface area (Å²) in [5, 5.41) is 0.665. The van der Waals surface area contributed by atoms with Gasteiger partial charge in [0.15, 0.2) is 0 Å². The molecule has 0 aliphatic rings. The van der Waals surface area contributed by atoms with Crippen molar-refractivity contribution in [3.8, 4) is 5.75 Å². The van der Waals surface area contributed by atoms with Crippen molar-refractivity contribution in [2.24, 2.45) is 4.99 Å². The van der Waals surface area contributed by atoms with E-state index in [1.54, 1.807) is 24.4 Å². The maximum Gasteiger partial charge on any atom is 0.148 e. The van der Waals surface area contributed by atoms with Gasteiger partial charge in [0.25, 0.3) is 0 Å². The predicted molar refractivity (Wildman–Crippen MR) is 81.5 cm³/mol. The van der Waals surface area contributed by atoms with Crippen LogP contribution in [0.5, 0.6) is 5.75 Å². The predicted octanol–water partition coefficient (Wildman–Crippen LogP) is 4.06. The number of pyridine rings is 1. The molecule has 0 unspecified atom stereocenters. The highest BCUT2D eigenvalue weighted by atomic mass is 32.2. The van der Waals surface area contributed by atoms with Gasteiger partial charge < -0.3 is 4.74 Å². The Hall–Kier alpha value is -1.88. The third kappa shape index (κ3) is 3.57. The van der Waals surface area contributed by atoms with Crippen LogP contribution < -0.4 is 4.74 Å². The van der Waals surface area contributed by atoms with Crippen molar-refractivity contribution in [1.29, 1.82) is 0 Å². The zero-order chi connectivity index (χ0) is 14.4. The van der Waals surface area contributed by atoms with E-state index in [1.807, 2.05) is 25.3 Å². The molecular weight excluding hydrogens is 275 g/mol. The van der Waals surface area contributed by atoms with Crippen LogP contribution in [0.15, 0.2) is 47.6 Å². The first-order valence-corrected chi connectivity index (χ1v) is 7.43. The fourth-order valence-electron chi connectivity index (χ4n) is 1.62. The Labute approximate surface area is 121 Å². The molecular formula is C15H15FN2OS. The average molecular weight is 290 g/mol. The maximum atomic E-state index is 13.6. The summed E-state index contributed by atoms with van der Waals surface area (Å²) in [6.45, 7) is 2.51. The minimum absolute atomic E-state index is 0.313. The zero-order valence-corrected chi connectivity index (χ0v) is 12.2. The van der Waals surface area contributed by atoms with Gasteiger partial charge in [0.2, 0.25) is 0 Å². The number of rotatable bonds is 4. The first-order chi connectivity index (χ1) is 9.74. The molecule has 0 aliphatic carbocycles. The van der Waals surface area contributed by atoms with Crippen LogP contribution in [0.1, 0.15) is 12.6 Å². The molecule has 2 aromatic rings. The molecule has 1 heterocycles. The van der Waals surface area contributed by atoms with Crippen LogP contribution in [0, 0.1) is 5.82 Å². The molecule has 5 heteroatoms. The van der Waals surface area contributed by atoms with Gasteiger partial charge >= 0.3 is 0 Å². The molecule has 2 rings (SSSR count). The van der Waals surface area contributed by atoms with Gasteiger partial charge in [0.05, 0.1) is 18.5 Å². The molecule has 0 saturated heterocycles. The summed E-state index contributed by atoms with van der Waals surface area (Å²) < 4.78 is 19.0. The Kier molecular flexibility index (Phi) is 5.12. The van der Waals surface area contributed by atoms with Crippen molar-refractivity contribution >= 4 is 22.5 Å². The summed E-state index contributed by atoms with van der Waals surface area (Å²) in [5.41, 5.74) is 1.01. The monoisotopic (exact) mass is 290 g/mol. The van der Waals surface area contributed by atoms with Crippen molar-refractivity contribution in [2.75, 3.05) is 12.9 Å². The standard InChI is InChI=1S/C15H15FN2OS/c1-3-19-11-8-9-14(17-10-11)15(20-2)18-13-7-5-4-6-12(13)16/h4-10H,3H2,1-2H3/b18-15-. The Bertz CT molecular complexity index is 599. The second kappa shape index (κ2) is 7.05. The summed E-state index contributed by atoms with van der Waals surface area (Å²) in [7, 11) is 0. The SMILES string of the molecule is CCOc1ccc(/C(=N/c2ccccc2F)SC)nc1. The van der Waals surface area contributed by atoms with E-state index in [0.29, 0.717) is 28.8 Å². The number of hydrogen-bond donors (Lipinski definition) is 0. The second-order valence-electron chi connectivity index (χ2n) is 3.88. The zero-order valence-electron chi connectivity index (χ0n) is 11.3. The molecule has 0 bridgehead atoms.